The number of amides is 1. The van der Waals surface area contributed by atoms with Crippen LogP contribution in [0.1, 0.15) is 36.5 Å². The van der Waals surface area contributed by atoms with E-state index in [9.17, 15) is 4.79 Å². The SMILES string of the molecule is CCCCCNc1cccc(C(=O)NC)c1. The number of hydrogen-bond donors (Lipinski definition) is 2. The first-order chi connectivity index (χ1) is 7.77. The molecule has 1 amide bonds. The third-order valence-corrected chi connectivity index (χ3v) is 2.46. The third-order valence-electron chi connectivity index (χ3n) is 2.46. The topological polar surface area (TPSA) is 41.1 Å². The summed E-state index contributed by atoms with van der Waals surface area (Å²) in [5.41, 5.74) is 1.71. The molecule has 16 heavy (non-hydrogen) atoms. The summed E-state index contributed by atoms with van der Waals surface area (Å²) >= 11 is 0. The molecule has 3 nitrogen and oxygen atoms in total. The Balaban J connectivity index is 2.50. The monoisotopic (exact) mass is 220 g/mol. The molecule has 3 heteroatoms. The number of carbonyl (C=O) groups is 1. The quantitative estimate of drug-likeness (QED) is 0.724. The minimum Gasteiger partial charge on any atom is -0.385 e. The Morgan fingerprint density at radius 1 is 1.31 bits per heavy atom. The van der Waals surface area contributed by atoms with Crippen LogP contribution in [0.15, 0.2) is 24.3 Å². The standard InChI is InChI=1S/C13H20N2O/c1-3-4-5-9-15-12-8-6-7-11(10-12)13(16)14-2/h6-8,10,15H,3-5,9H2,1-2H3,(H,14,16). The molecule has 0 saturated carbocycles. The highest BCUT2D eigenvalue weighted by Crippen LogP contribution is 2.10. The second-order valence-corrected chi connectivity index (χ2v) is 3.79. The molecule has 1 rings (SSSR count). The summed E-state index contributed by atoms with van der Waals surface area (Å²) in [7, 11) is 1.64. The van der Waals surface area contributed by atoms with E-state index in [0.29, 0.717) is 5.56 Å². The molecule has 88 valence electrons. The van der Waals surface area contributed by atoms with Gasteiger partial charge in [0, 0.05) is 24.8 Å². The van der Waals surface area contributed by atoms with Gasteiger partial charge in [0.1, 0.15) is 0 Å². The average Bonchev–Trinajstić information content (AvgIpc) is 2.34. The normalized spacial score (nSPS) is 9.88. The fraction of sp³-hybridized carbons (Fsp3) is 0.462. The highest BCUT2D eigenvalue weighted by atomic mass is 16.1. The molecular weight excluding hydrogens is 200 g/mol. The fourth-order valence-electron chi connectivity index (χ4n) is 1.52. The zero-order chi connectivity index (χ0) is 11.8. The molecular formula is C13H20N2O. The van der Waals surface area contributed by atoms with Gasteiger partial charge in [-0.05, 0) is 24.6 Å². The van der Waals surface area contributed by atoms with E-state index in [2.05, 4.69) is 17.6 Å². The van der Waals surface area contributed by atoms with E-state index in [1.807, 2.05) is 24.3 Å². The predicted molar refractivity (Wildman–Crippen MR) is 67.8 cm³/mol. The van der Waals surface area contributed by atoms with Crippen LogP contribution in [0.3, 0.4) is 0 Å². The summed E-state index contributed by atoms with van der Waals surface area (Å²) in [5, 5.41) is 5.94. The molecule has 1 aromatic carbocycles. The van der Waals surface area contributed by atoms with Gasteiger partial charge in [-0.1, -0.05) is 25.8 Å². The number of anilines is 1. The second-order valence-electron chi connectivity index (χ2n) is 3.79. The summed E-state index contributed by atoms with van der Waals surface area (Å²) < 4.78 is 0. The van der Waals surface area contributed by atoms with E-state index in [1.165, 1.54) is 19.3 Å². The lowest BCUT2D eigenvalue weighted by Crippen LogP contribution is -2.17. The lowest BCUT2D eigenvalue weighted by Gasteiger charge is -2.07. The number of carbonyl (C=O) groups excluding carboxylic acids is 1. The Morgan fingerprint density at radius 3 is 2.81 bits per heavy atom. The molecule has 0 fully saturated rings. The number of unbranched alkanes of at least 4 members (excludes halogenated alkanes) is 2. The largest absolute Gasteiger partial charge is 0.385 e. The lowest BCUT2D eigenvalue weighted by atomic mass is 10.2. The van der Waals surface area contributed by atoms with Gasteiger partial charge in [-0.25, -0.2) is 0 Å². The van der Waals surface area contributed by atoms with Crippen LogP contribution in [0.4, 0.5) is 5.69 Å². The van der Waals surface area contributed by atoms with Gasteiger partial charge in [-0.2, -0.15) is 0 Å². The van der Waals surface area contributed by atoms with Gasteiger partial charge in [-0.3, -0.25) is 4.79 Å². The van der Waals surface area contributed by atoms with E-state index < -0.39 is 0 Å². The molecule has 0 aliphatic heterocycles. The maximum absolute atomic E-state index is 11.4. The Bertz CT molecular complexity index is 336. The van der Waals surface area contributed by atoms with Crippen molar-refractivity contribution >= 4 is 11.6 Å². The van der Waals surface area contributed by atoms with E-state index in [1.54, 1.807) is 7.05 Å². The summed E-state index contributed by atoms with van der Waals surface area (Å²) in [5.74, 6) is -0.0443. The molecule has 0 aliphatic rings. The van der Waals surface area contributed by atoms with Gasteiger partial charge in [-0.15, -0.1) is 0 Å². The number of nitrogens with one attached hydrogen (secondary N) is 2. The Hall–Kier alpha value is -1.51. The predicted octanol–water partition coefficient (Wildman–Crippen LogP) is 2.65. The van der Waals surface area contributed by atoms with Crippen molar-refractivity contribution in [1.82, 2.24) is 5.32 Å². The van der Waals surface area contributed by atoms with Crippen LogP contribution < -0.4 is 10.6 Å². The number of benzene rings is 1. The smallest absolute Gasteiger partial charge is 0.251 e. The number of hydrogen-bond acceptors (Lipinski definition) is 2. The van der Waals surface area contributed by atoms with Crippen molar-refractivity contribution in [2.45, 2.75) is 26.2 Å². The molecule has 0 atom stereocenters. The molecule has 0 spiro atoms. The first-order valence-corrected chi connectivity index (χ1v) is 5.84. The van der Waals surface area contributed by atoms with Crippen LogP contribution in [0.2, 0.25) is 0 Å². The van der Waals surface area contributed by atoms with Crippen molar-refractivity contribution in [3.8, 4) is 0 Å². The van der Waals surface area contributed by atoms with E-state index in [-0.39, 0.29) is 5.91 Å². The van der Waals surface area contributed by atoms with Crippen LogP contribution in [0.25, 0.3) is 0 Å². The lowest BCUT2D eigenvalue weighted by molar-refractivity contribution is 0.0963. The number of rotatable bonds is 6. The molecule has 0 aromatic heterocycles. The van der Waals surface area contributed by atoms with E-state index in [0.717, 1.165) is 12.2 Å². The van der Waals surface area contributed by atoms with Crippen molar-refractivity contribution in [2.24, 2.45) is 0 Å². The first kappa shape index (κ1) is 12.6. The molecule has 0 bridgehead atoms. The summed E-state index contributed by atoms with van der Waals surface area (Å²) in [6, 6.07) is 7.58. The van der Waals surface area contributed by atoms with Crippen molar-refractivity contribution in [1.29, 1.82) is 0 Å². The Morgan fingerprint density at radius 2 is 2.12 bits per heavy atom. The Kier molecular flexibility index (Phi) is 5.40. The summed E-state index contributed by atoms with van der Waals surface area (Å²) in [6.45, 7) is 3.15. The summed E-state index contributed by atoms with van der Waals surface area (Å²) in [4.78, 5) is 11.4. The first-order valence-electron chi connectivity index (χ1n) is 5.84. The zero-order valence-electron chi connectivity index (χ0n) is 10.0. The van der Waals surface area contributed by atoms with Gasteiger partial charge >= 0.3 is 0 Å². The van der Waals surface area contributed by atoms with Gasteiger partial charge < -0.3 is 10.6 Å². The minimum atomic E-state index is -0.0443. The highest BCUT2D eigenvalue weighted by molar-refractivity contribution is 5.94. The molecule has 0 saturated heterocycles. The maximum atomic E-state index is 11.4. The van der Waals surface area contributed by atoms with E-state index >= 15 is 0 Å². The van der Waals surface area contributed by atoms with Crippen molar-refractivity contribution in [2.75, 3.05) is 18.9 Å². The van der Waals surface area contributed by atoms with Crippen LogP contribution in [-0.2, 0) is 0 Å². The van der Waals surface area contributed by atoms with Crippen molar-refractivity contribution in [3.63, 3.8) is 0 Å². The summed E-state index contributed by atoms with van der Waals surface area (Å²) in [6.07, 6.45) is 3.63. The third kappa shape index (κ3) is 3.93. The van der Waals surface area contributed by atoms with Crippen molar-refractivity contribution < 1.29 is 4.79 Å². The molecule has 2 N–H and O–H groups in total. The molecule has 0 heterocycles. The molecule has 0 aliphatic carbocycles. The molecule has 1 aromatic rings. The minimum absolute atomic E-state index is 0.0443. The average molecular weight is 220 g/mol. The van der Waals surface area contributed by atoms with Crippen molar-refractivity contribution in [3.05, 3.63) is 29.8 Å². The highest BCUT2D eigenvalue weighted by Gasteiger charge is 2.02. The van der Waals surface area contributed by atoms with Gasteiger partial charge in [0.25, 0.3) is 5.91 Å². The molecule has 0 radical (unpaired) electrons. The molecule has 0 unspecified atom stereocenters. The second kappa shape index (κ2) is 6.88. The van der Waals surface area contributed by atoms with Crippen LogP contribution in [-0.4, -0.2) is 19.5 Å². The van der Waals surface area contributed by atoms with E-state index in [4.69, 9.17) is 0 Å². The van der Waals surface area contributed by atoms with Crippen LogP contribution >= 0.6 is 0 Å². The van der Waals surface area contributed by atoms with Crippen LogP contribution in [0.5, 0.6) is 0 Å². The van der Waals surface area contributed by atoms with Crippen LogP contribution in [0, 0.1) is 0 Å². The van der Waals surface area contributed by atoms with Gasteiger partial charge in [0.05, 0.1) is 0 Å². The zero-order valence-corrected chi connectivity index (χ0v) is 10.0. The Labute approximate surface area is 97.2 Å². The maximum Gasteiger partial charge on any atom is 0.251 e. The van der Waals surface area contributed by atoms with Gasteiger partial charge in [0.15, 0.2) is 0 Å². The fourth-order valence-corrected chi connectivity index (χ4v) is 1.52. The van der Waals surface area contributed by atoms with Gasteiger partial charge in [0.2, 0.25) is 0 Å².